The number of nitrogens with one attached hydrogen (secondary N) is 1. The number of ether oxygens (including phenoxy) is 1. The largest absolute Gasteiger partial charge is 0.412 e. The Labute approximate surface area is 117 Å². The fourth-order valence-electron chi connectivity index (χ4n) is 1.58. The number of sulfonamides is 1. The molecule has 0 unspecified atom stereocenters. The zero-order chi connectivity index (χ0) is 14.8. The molecule has 1 N–H and O–H groups in total. The van der Waals surface area contributed by atoms with Crippen LogP contribution in [-0.2, 0) is 10.0 Å². The second-order valence-electron chi connectivity index (χ2n) is 4.02. The number of benzene rings is 1. The van der Waals surface area contributed by atoms with Gasteiger partial charge in [0.2, 0.25) is 10.0 Å². The lowest BCUT2D eigenvalue weighted by Gasteiger charge is -2.19. The Morgan fingerprint density at radius 1 is 1.32 bits per heavy atom. The third-order valence-corrected chi connectivity index (χ3v) is 4.03. The lowest BCUT2D eigenvalue weighted by molar-refractivity contribution is 0.203. The number of anilines is 1. The standard InChI is InChI=1S/C11H15ClN2O4S/c1-7-5-9(18-11(15)13-3)6-8(2)10(7)14(12)19(4,16)17/h5-6H,1-4H3,(H,13,15). The number of aryl methyl sites for hydroxylation is 2. The summed E-state index contributed by atoms with van der Waals surface area (Å²) < 4.78 is 28.6. The molecular weight excluding hydrogens is 292 g/mol. The first kappa shape index (κ1) is 15.6. The van der Waals surface area contributed by atoms with Crippen LogP contribution in [0.1, 0.15) is 11.1 Å². The fraction of sp³-hybridized carbons (Fsp3) is 0.364. The number of nitrogens with zero attached hydrogens (tertiary/aromatic N) is 1. The van der Waals surface area contributed by atoms with Crippen molar-refractivity contribution >= 4 is 33.6 Å². The Morgan fingerprint density at radius 2 is 1.79 bits per heavy atom. The Hall–Kier alpha value is -1.47. The van der Waals surface area contributed by atoms with Crippen molar-refractivity contribution in [3.63, 3.8) is 0 Å². The average molecular weight is 307 g/mol. The van der Waals surface area contributed by atoms with Gasteiger partial charge in [0.05, 0.1) is 11.9 Å². The third kappa shape index (κ3) is 3.74. The van der Waals surface area contributed by atoms with Gasteiger partial charge in [-0.25, -0.2) is 13.2 Å². The predicted molar refractivity (Wildman–Crippen MR) is 74.2 cm³/mol. The van der Waals surface area contributed by atoms with Crippen LogP contribution in [-0.4, -0.2) is 27.8 Å². The van der Waals surface area contributed by atoms with Gasteiger partial charge in [0, 0.05) is 18.8 Å². The van der Waals surface area contributed by atoms with Crippen LogP contribution in [0.5, 0.6) is 5.75 Å². The lowest BCUT2D eigenvalue weighted by Crippen LogP contribution is -2.23. The van der Waals surface area contributed by atoms with Crippen LogP contribution in [0.4, 0.5) is 10.5 Å². The molecule has 0 aromatic heterocycles. The Kier molecular flexibility index (Phi) is 4.65. The smallest absolute Gasteiger partial charge is 0.410 e. The first-order chi connectivity index (χ1) is 8.66. The normalized spacial score (nSPS) is 11.0. The summed E-state index contributed by atoms with van der Waals surface area (Å²) in [4.78, 5) is 11.1. The second kappa shape index (κ2) is 5.66. The molecule has 6 nitrogen and oxygen atoms in total. The van der Waals surface area contributed by atoms with E-state index < -0.39 is 16.1 Å². The minimum absolute atomic E-state index is 0.316. The van der Waals surface area contributed by atoms with Crippen LogP contribution in [0.15, 0.2) is 12.1 Å². The zero-order valence-corrected chi connectivity index (χ0v) is 12.6. The van der Waals surface area contributed by atoms with Crippen LogP contribution < -0.4 is 13.9 Å². The van der Waals surface area contributed by atoms with Crippen molar-refractivity contribution in [1.82, 2.24) is 5.32 Å². The van der Waals surface area contributed by atoms with Crippen LogP contribution in [0.2, 0.25) is 0 Å². The van der Waals surface area contributed by atoms with Crippen LogP contribution in [0, 0.1) is 13.8 Å². The molecule has 0 saturated heterocycles. The minimum atomic E-state index is -3.56. The Morgan fingerprint density at radius 3 is 2.16 bits per heavy atom. The quantitative estimate of drug-likeness (QED) is 0.866. The van der Waals surface area contributed by atoms with Gasteiger partial charge in [-0.1, -0.05) is 0 Å². The molecule has 1 rings (SSSR count). The van der Waals surface area contributed by atoms with Gasteiger partial charge in [-0.15, -0.1) is 0 Å². The number of carbonyl (C=O) groups excluding carboxylic acids is 1. The molecule has 1 amide bonds. The molecule has 8 heteroatoms. The highest BCUT2D eigenvalue weighted by Crippen LogP contribution is 2.32. The number of halogens is 1. The lowest BCUT2D eigenvalue weighted by atomic mass is 10.1. The van der Waals surface area contributed by atoms with E-state index in [4.69, 9.17) is 16.5 Å². The van der Waals surface area contributed by atoms with Gasteiger partial charge in [-0.2, -0.15) is 3.82 Å². The molecule has 106 valence electrons. The summed E-state index contributed by atoms with van der Waals surface area (Å²) >= 11 is 5.80. The van der Waals surface area contributed by atoms with E-state index in [0.29, 0.717) is 26.4 Å². The van der Waals surface area contributed by atoms with Gasteiger partial charge in [0.25, 0.3) is 0 Å². The van der Waals surface area contributed by atoms with Crippen molar-refractivity contribution in [3.05, 3.63) is 23.3 Å². The number of rotatable bonds is 3. The van der Waals surface area contributed by atoms with E-state index in [1.165, 1.54) is 19.2 Å². The summed E-state index contributed by atoms with van der Waals surface area (Å²) in [5.41, 5.74) is 1.52. The van der Waals surface area contributed by atoms with Gasteiger partial charge in [0.15, 0.2) is 0 Å². The van der Waals surface area contributed by atoms with Crippen molar-refractivity contribution < 1.29 is 17.9 Å². The number of amides is 1. The molecule has 0 bridgehead atoms. The van der Waals surface area contributed by atoms with Crippen LogP contribution in [0.3, 0.4) is 0 Å². The molecule has 0 aliphatic heterocycles. The highest BCUT2D eigenvalue weighted by atomic mass is 35.5. The van der Waals surface area contributed by atoms with Gasteiger partial charge in [0.1, 0.15) is 5.75 Å². The predicted octanol–water partition coefficient (Wildman–Crippen LogP) is 1.94. The van der Waals surface area contributed by atoms with Gasteiger partial charge >= 0.3 is 6.09 Å². The molecule has 0 aliphatic carbocycles. The molecule has 1 aromatic rings. The minimum Gasteiger partial charge on any atom is -0.410 e. The summed E-state index contributed by atoms with van der Waals surface area (Å²) in [5.74, 6) is 0.316. The Bertz CT molecular complexity index is 578. The molecule has 0 fully saturated rings. The maximum Gasteiger partial charge on any atom is 0.412 e. The van der Waals surface area contributed by atoms with E-state index in [1.54, 1.807) is 13.8 Å². The summed E-state index contributed by atoms with van der Waals surface area (Å²) in [7, 11) is -2.12. The average Bonchev–Trinajstić information content (AvgIpc) is 2.26. The van der Waals surface area contributed by atoms with E-state index in [0.717, 1.165) is 6.26 Å². The maximum atomic E-state index is 11.4. The molecular formula is C11H15ClN2O4S. The molecule has 1 aromatic carbocycles. The highest BCUT2D eigenvalue weighted by molar-refractivity contribution is 7.93. The third-order valence-electron chi connectivity index (χ3n) is 2.35. The van der Waals surface area contributed by atoms with E-state index in [9.17, 15) is 13.2 Å². The fourth-order valence-corrected chi connectivity index (χ4v) is 2.46. The van der Waals surface area contributed by atoms with Crippen molar-refractivity contribution in [2.24, 2.45) is 0 Å². The van der Waals surface area contributed by atoms with Gasteiger partial charge in [-0.3, -0.25) is 0 Å². The number of hydrogen-bond donors (Lipinski definition) is 1. The van der Waals surface area contributed by atoms with Crippen molar-refractivity contribution in [2.75, 3.05) is 17.1 Å². The maximum absolute atomic E-state index is 11.4. The molecule has 19 heavy (non-hydrogen) atoms. The molecule has 0 saturated carbocycles. The first-order valence-corrected chi connectivity index (χ1v) is 7.52. The van der Waals surface area contributed by atoms with Gasteiger partial charge in [-0.05, 0) is 37.1 Å². The van der Waals surface area contributed by atoms with Gasteiger partial charge < -0.3 is 10.1 Å². The summed E-state index contributed by atoms with van der Waals surface area (Å²) in [6.45, 7) is 3.36. The van der Waals surface area contributed by atoms with Crippen LogP contribution >= 0.6 is 11.8 Å². The topological polar surface area (TPSA) is 75.7 Å². The molecule has 0 radical (unpaired) electrons. The van der Waals surface area contributed by atoms with E-state index in [1.807, 2.05) is 0 Å². The first-order valence-electron chi connectivity index (χ1n) is 5.33. The SMILES string of the molecule is CNC(=O)Oc1cc(C)c(N(Cl)S(C)(=O)=O)c(C)c1. The number of carbonyl (C=O) groups is 1. The summed E-state index contributed by atoms with van der Waals surface area (Å²) in [5, 5.41) is 2.32. The second-order valence-corrected chi connectivity index (χ2v) is 6.39. The Balaban J connectivity index is 3.22. The molecule has 0 spiro atoms. The highest BCUT2D eigenvalue weighted by Gasteiger charge is 2.20. The monoisotopic (exact) mass is 306 g/mol. The number of hydrogen-bond acceptors (Lipinski definition) is 4. The van der Waals surface area contributed by atoms with E-state index in [2.05, 4.69) is 5.32 Å². The van der Waals surface area contributed by atoms with Crippen LogP contribution in [0.25, 0.3) is 0 Å². The molecule has 0 atom stereocenters. The van der Waals surface area contributed by atoms with Crippen molar-refractivity contribution in [2.45, 2.75) is 13.8 Å². The summed E-state index contributed by atoms with van der Waals surface area (Å²) in [6.07, 6.45) is 0.408. The van der Waals surface area contributed by atoms with Crippen molar-refractivity contribution in [3.8, 4) is 5.75 Å². The van der Waals surface area contributed by atoms with E-state index >= 15 is 0 Å². The van der Waals surface area contributed by atoms with Crippen molar-refractivity contribution in [1.29, 1.82) is 0 Å². The summed E-state index contributed by atoms with van der Waals surface area (Å²) in [6, 6.07) is 3.08. The molecule has 0 heterocycles. The zero-order valence-electron chi connectivity index (χ0n) is 11.0. The van der Waals surface area contributed by atoms with E-state index in [-0.39, 0.29) is 0 Å². The molecule has 0 aliphatic rings.